The molecule has 0 unspecified atom stereocenters. The van der Waals surface area contributed by atoms with Gasteiger partial charge in [0.1, 0.15) is 0 Å². The van der Waals surface area contributed by atoms with Crippen LogP contribution in [0.3, 0.4) is 0 Å². The molecule has 0 atom stereocenters. The number of anilines is 1. The van der Waals surface area contributed by atoms with E-state index in [-0.39, 0.29) is 27.8 Å². The van der Waals surface area contributed by atoms with E-state index in [1.54, 1.807) is 0 Å². The number of nitrogens with zero attached hydrogens (tertiary/aromatic N) is 1. The van der Waals surface area contributed by atoms with E-state index in [4.69, 9.17) is 22.1 Å². The lowest BCUT2D eigenvalue weighted by Gasteiger charge is -2.09. The van der Waals surface area contributed by atoms with Gasteiger partial charge in [0.15, 0.2) is 11.6 Å². The van der Waals surface area contributed by atoms with E-state index in [9.17, 15) is 8.78 Å². The molecule has 90 valence electrons. The number of benzene rings is 1. The number of ether oxygens (including phenoxy) is 1. The van der Waals surface area contributed by atoms with Gasteiger partial charge in [0.2, 0.25) is 11.7 Å². The molecular formula is C10H7ClF2N2O2. The van der Waals surface area contributed by atoms with Crippen LogP contribution in [-0.2, 0) is 0 Å². The molecule has 1 aromatic heterocycles. The fourth-order valence-electron chi connectivity index (χ4n) is 1.43. The van der Waals surface area contributed by atoms with Gasteiger partial charge in [-0.3, -0.25) is 0 Å². The summed E-state index contributed by atoms with van der Waals surface area (Å²) in [5.41, 5.74) is 5.95. The van der Waals surface area contributed by atoms with Crippen molar-refractivity contribution in [2.75, 3.05) is 12.8 Å². The summed E-state index contributed by atoms with van der Waals surface area (Å²) in [4.78, 5) is 0. The number of aromatic nitrogens is 1. The van der Waals surface area contributed by atoms with E-state index in [2.05, 4.69) is 9.68 Å². The Balaban J connectivity index is 2.74. The fraction of sp³-hybridized carbons (Fsp3) is 0.100. The first-order chi connectivity index (χ1) is 8.06. The highest BCUT2D eigenvalue weighted by Crippen LogP contribution is 2.39. The molecule has 4 nitrogen and oxygen atoms in total. The van der Waals surface area contributed by atoms with Crippen LogP contribution in [0.15, 0.2) is 16.8 Å². The monoisotopic (exact) mass is 260 g/mol. The van der Waals surface area contributed by atoms with E-state index in [0.717, 1.165) is 0 Å². The van der Waals surface area contributed by atoms with Gasteiger partial charge in [0.05, 0.1) is 23.9 Å². The van der Waals surface area contributed by atoms with Gasteiger partial charge in [-0.05, 0) is 6.07 Å². The maximum Gasteiger partial charge on any atom is 0.230 e. The quantitative estimate of drug-likeness (QED) is 0.844. The predicted octanol–water partition coefficient (Wildman–Crippen LogP) is 2.86. The molecule has 7 heteroatoms. The van der Waals surface area contributed by atoms with Crippen molar-refractivity contribution in [2.24, 2.45) is 0 Å². The van der Waals surface area contributed by atoms with Gasteiger partial charge in [0.25, 0.3) is 0 Å². The van der Waals surface area contributed by atoms with Crippen LogP contribution in [0.25, 0.3) is 11.1 Å². The van der Waals surface area contributed by atoms with Crippen molar-refractivity contribution in [1.82, 2.24) is 5.16 Å². The first-order valence-corrected chi connectivity index (χ1v) is 4.86. The molecule has 1 heterocycles. The van der Waals surface area contributed by atoms with Crippen molar-refractivity contribution >= 4 is 17.5 Å². The summed E-state index contributed by atoms with van der Waals surface area (Å²) in [6.45, 7) is 0. The van der Waals surface area contributed by atoms with Gasteiger partial charge in [-0.1, -0.05) is 16.8 Å². The molecule has 0 aliphatic heterocycles. The van der Waals surface area contributed by atoms with Gasteiger partial charge in [-0.2, -0.15) is 4.39 Å². The third kappa shape index (κ3) is 1.80. The van der Waals surface area contributed by atoms with Gasteiger partial charge in [-0.15, -0.1) is 0 Å². The molecule has 2 aromatic rings. The Hall–Kier alpha value is -1.82. The molecule has 0 amide bonds. The molecule has 2 rings (SSSR count). The molecule has 0 spiro atoms. The maximum atomic E-state index is 13.6. The molecule has 0 saturated carbocycles. The summed E-state index contributed by atoms with van der Waals surface area (Å²) in [7, 11) is 1.21. The summed E-state index contributed by atoms with van der Waals surface area (Å²) < 4.78 is 36.2. The zero-order valence-electron chi connectivity index (χ0n) is 8.63. The molecule has 0 aliphatic carbocycles. The van der Waals surface area contributed by atoms with E-state index in [1.807, 2.05) is 0 Å². The van der Waals surface area contributed by atoms with Crippen LogP contribution in [0.4, 0.5) is 14.7 Å². The van der Waals surface area contributed by atoms with Crippen molar-refractivity contribution in [3.8, 4) is 16.9 Å². The highest BCUT2D eigenvalue weighted by molar-refractivity contribution is 6.31. The smallest absolute Gasteiger partial charge is 0.230 e. The van der Waals surface area contributed by atoms with Crippen molar-refractivity contribution in [3.63, 3.8) is 0 Å². The number of halogens is 3. The van der Waals surface area contributed by atoms with Crippen LogP contribution in [0.2, 0.25) is 5.02 Å². The first-order valence-electron chi connectivity index (χ1n) is 4.48. The van der Waals surface area contributed by atoms with Crippen molar-refractivity contribution in [2.45, 2.75) is 0 Å². The second kappa shape index (κ2) is 4.21. The van der Waals surface area contributed by atoms with Crippen molar-refractivity contribution in [3.05, 3.63) is 28.9 Å². The van der Waals surface area contributed by atoms with Gasteiger partial charge >= 0.3 is 0 Å². The lowest BCUT2D eigenvalue weighted by Crippen LogP contribution is -1.97. The standard InChI is InChI=1S/C10H7ClF2N2O2/c1-16-9-4(5-3-15-17-10(5)14)2-6(11)7(12)8(9)13/h2-3H,14H2,1H3. The lowest BCUT2D eigenvalue weighted by molar-refractivity contribution is 0.373. The number of nitrogens with two attached hydrogens (primary N) is 1. The first kappa shape index (κ1) is 11.7. The highest BCUT2D eigenvalue weighted by atomic mass is 35.5. The second-order valence-corrected chi connectivity index (χ2v) is 3.58. The Morgan fingerprint density at radius 1 is 1.35 bits per heavy atom. The van der Waals surface area contributed by atoms with Crippen LogP contribution >= 0.6 is 11.6 Å². The SMILES string of the molecule is COc1c(-c2cnoc2N)cc(Cl)c(F)c1F. The van der Waals surface area contributed by atoms with Gasteiger partial charge < -0.3 is 15.0 Å². The number of nitrogen functional groups attached to an aromatic ring is 1. The zero-order valence-corrected chi connectivity index (χ0v) is 9.39. The minimum Gasteiger partial charge on any atom is -0.493 e. The molecule has 2 N–H and O–H groups in total. The topological polar surface area (TPSA) is 61.3 Å². The summed E-state index contributed by atoms with van der Waals surface area (Å²) in [5, 5.41) is 3.06. The number of hydrogen-bond donors (Lipinski definition) is 1. The molecule has 0 saturated heterocycles. The largest absolute Gasteiger partial charge is 0.493 e. The minimum atomic E-state index is -1.18. The predicted molar refractivity (Wildman–Crippen MR) is 57.8 cm³/mol. The van der Waals surface area contributed by atoms with E-state index in [1.165, 1.54) is 19.4 Å². The molecule has 0 bridgehead atoms. The second-order valence-electron chi connectivity index (χ2n) is 3.17. The molecule has 0 fully saturated rings. The number of rotatable bonds is 2. The van der Waals surface area contributed by atoms with Crippen LogP contribution in [0.5, 0.6) is 5.75 Å². The van der Waals surface area contributed by atoms with Crippen molar-refractivity contribution < 1.29 is 18.0 Å². The average Bonchev–Trinajstić information content (AvgIpc) is 2.72. The Morgan fingerprint density at radius 2 is 2.06 bits per heavy atom. The molecule has 17 heavy (non-hydrogen) atoms. The van der Waals surface area contributed by atoms with E-state index < -0.39 is 11.6 Å². The zero-order chi connectivity index (χ0) is 12.6. The average molecular weight is 261 g/mol. The normalized spacial score (nSPS) is 10.6. The third-order valence-corrected chi connectivity index (χ3v) is 2.49. The van der Waals surface area contributed by atoms with Gasteiger partial charge in [-0.25, -0.2) is 4.39 Å². The van der Waals surface area contributed by atoms with Gasteiger partial charge in [0, 0.05) is 5.56 Å². The number of methoxy groups -OCH3 is 1. The molecule has 0 radical (unpaired) electrons. The summed E-state index contributed by atoms with van der Waals surface area (Å²) >= 11 is 5.55. The molecular weight excluding hydrogens is 254 g/mol. The van der Waals surface area contributed by atoms with Crippen LogP contribution in [0.1, 0.15) is 0 Å². The Labute approximate surface area is 99.9 Å². The third-order valence-electron chi connectivity index (χ3n) is 2.21. The molecule has 1 aromatic carbocycles. The fourth-order valence-corrected chi connectivity index (χ4v) is 1.62. The Kier molecular flexibility index (Phi) is 2.89. The van der Waals surface area contributed by atoms with Crippen LogP contribution in [-0.4, -0.2) is 12.3 Å². The summed E-state index contributed by atoms with van der Waals surface area (Å²) in [6, 6.07) is 1.20. The highest BCUT2D eigenvalue weighted by Gasteiger charge is 2.22. The number of hydrogen-bond acceptors (Lipinski definition) is 4. The van der Waals surface area contributed by atoms with Crippen LogP contribution in [0, 0.1) is 11.6 Å². The molecule has 0 aliphatic rings. The lowest BCUT2D eigenvalue weighted by atomic mass is 10.1. The van der Waals surface area contributed by atoms with E-state index >= 15 is 0 Å². The Morgan fingerprint density at radius 3 is 2.59 bits per heavy atom. The maximum absolute atomic E-state index is 13.6. The van der Waals surface area contributed by atoms with Crippen molar-refractivity contribution in [1.29, 1.82) is 0 Å². The minimum absolute atomic E-state index is 0.0367. The summed E-state index contributed by atoms with van der Waals surface area (Å²) in [5.74, 6) is -2.70. The van der Waals surface area contributed by atoms with E-state index in [0.29, 0.717) is 0 Å². The summed E-state index contributed by atoms with van der Waals surface area (Å²) in [6.07, 6.45) is 1.26. The van der Waals surface area contributed by atoms with Crippen LogP contribution < -0.4 is 10.5 Å². The Bertz CT molecular complexity index is 572.